The first-order valence-electron chi connectivity index (χ1n) is 15.9. The van der Waals surface area contributed by atoms with Gasteiger partial charge in [-0.2, -0.15) is 0 Å². The first kappa shape index (κ1) is 40.8. The van der Waals surface area contributed by atoms with Crippen LogP contribution < -0.4 is 0 Å². The van der Waals surface area contributed by atoms with Gasteiger partial charge in [0, 0.05) is 14.2 Å². The van der Waals surface area contributed by atoms with Crippen molar-refractivity contribution in [3.05, 3.63) is 143 Å². The van der Waals surface area contributed by atoms with Crippen molar-refractivity contribution < 1.29 is 9.47 Å². The summed E-state index contributed by atoms with van der Waals surface area (Å²) in [5.41, 5.74) is 7.28. The van der Waals surface area contributed by atoms with Crippen molar-refractivity contribution in [3.8, 4) is 0 Å². The molecule has 0 aliphatic carbocycles. The lowest BCUT2D eigenvalue weighted by molar-refractivity contribution is 0.0140. The number of ether oxygens (including phenoxy) is 2. The van der Waals surface area contributed by atoms with Gasteiger partial charge in [-0.15, -0.1) is 0 Å². The van der Waals surface area contributed by atoms with Gasteiger partial charge in [-0.1, -0.05) is 143 Å². The van der Waals surface area contributed by atoms with Gasteiger partial charge in [-0.3, -0.25) is 0 Å². The van der Waals surface area contributed by atoms with Crippen molar-refractivity contribution in [2.45, 2.75) is 106 Å². The third-order valence-electron chi connectivity index (χ3n) is 7.17. The Hall–Kier alpha value is -3.20. The number of rotatable bonds is 19. The zero-order chi connectivity index (χ0) is 33.4. The molecule has 0 aromatic carbocycles. The highest BCUT2D eigenvalue weighted by Crippen LogP contribution is 2.19. The van der Waals surface area contributed by atoms with E-state index in [0.717, 1.165) is 25.7 Å². The predicted octanol–water partition coefficient (Wildman–Crippen LogP) is 12.4. The Bertz CT molecular complexity index is 1210. The molecule has 0 heterocycles. The second-order valence-corrected chi connectivity index (χ2v) is 12.8. The zero-order valence-corrected chi connectivity index (χ0v) is 30.0. The molecule has 0 spiro atoms. The van der Waals surface area contributed by atoms with E-state index in [0.29, 0.717) is 0 Å². The quantitative estimate of drug-likeness (QED) is 0.138. The summed E-state index contributed by atoms with van der Waals surface area (Å²) in [6.45, 7) is 21.2. The Morgan fingerprint density at radius 2 is 0.841 bits per heavy atom. The van der Waals surface area contributed by atoms with Crippen molar-refractivity contribution >= 4 is 0 Å². The molecule has 0 N–H and O–H groups in total. The fourth-order valence-electron chi connectivity index (χ4n) is 3.70. The number of hydrogen-bond acceptors (Lipinski definition) is 2. The zero-order valence-electron chi connectivity index (χ0n) is 30.0. The van der Waals surface area contributed by atoms with E-state index in [2.05, 4.69) is 179 Å². The van der Waals surface area contributed by atoms with Crippen LogP contribution in [0.25, 0.3) is 0 Å². The van der Waals surface area contributed by atoms with Crippen molar-refractivity contribution in [2.75, 3.05) is 14.2 Å². The average Bonchev–Trinajstić information content (AvgIpc) is 2.95. The molecule has 2 heteroatoms. The molecular weight excluding hydrogens is 536 g/mol. The SMILES string of the molecule is COC(C)(C)C/C=C/C(C)=C/C=C/C(C)=C/C=C/C(C)=C/C=C/C=C(C)/C=C/C=C(C)/C=C/C=C(\C)CCCC(C)(C)OC. The van der Waals surface area contributed by atoms with E-state index >= 15 is 0 Å². The highest BCUT2D eigenvalue weighted by Gasteiger charge is 2.15. The minimum Gasteiger partial charge on any atom is -0.379 e. The maximum atomic E-state index is 5.50. The van der Waals surface area contributed by atoms with E-state index < -0.39 is 0 Å². The van der Waals surface area contributed by atoms with Gasteiger partial charge >= 0.3 is 0 Å². The second kappa shape index (κ2) is 23.2. The van der Waals surface area contributed by atoms with Gasteiger partial charge < -0.3 is 9.47 Å². The molecular formula is C42H62O2. The Morgan fingerprint density at radius 1 is 0.477 bits per heavy atom. The smallest absolute Gasteiger partial charge is 0.0657 e. The fourth-order valence-corrected chi connectivity index (χ4v) is 3.70. The van der Waals surface area contributed by atoms with Crippen molar-refractivity contribution in [3.63, 3.8) is 0 Å². The summed E-state index contributed by atoms with van der Waals surface area (Å²) in [6, 6.07) is 0. The molecule has 242 valence electrons. The summed E-state index contributed by atoms with van der Waals surface area (Å²) in [5, 5.41) is 0. The van der Waals surface area contributed by atoms with Crippen LogP contribution in [-0.4, -0.2) is 25.4 Å². The summed E-state index contributed by atoms with van der Waals surface area (Å²) >= 11 is 0. The monoisotopic (exact) mass is 598 g/mol. The molecule has 0 amide bonds. The van der Waals surface area contributed by atoms with Gasteiger partial charge in [-0.05, 0) is 94.9 Å². The molecule has 44 heavy (non-hydrogen) atoms. The summed E-state index contributed by atoms with van der Waals surface area (Å²) < 4.78 is 11.0. The lowest BCUT2D eigenvalue weighted by Gasteiger charge is -2.22. The highest BCUT2D eigenvalue weighted by atomic mass is 16.5. The largest absolute Gasteiger partial charge is 0.379 e. The van der Waals surface area contributed by atoms with Crippen LogP contribution in [0.3, 0.4) is 0 Å². The topological polar surface area (TPSA) is 18.5 Å². The second-order valence-electron chi connectivity index (χ2n) is 12.8. The van der Waals surface area contributed by atoms with Crippen molar-refractivity contribution in [1.29, 1.82) is 0 Å². The third kappa shape index (κ3) is 24.3. The van der Waals surface area contributed by atoms with Crippen molar-refractivity contribution in [2.24, 2.45) is 0 Å². The van der Waals surface area contributed by atoms with Gasteiger partial charge in [0.1, 0.15) is 0 Å². The average molecular weight is 599 g/mol. The van der Waals surface area contributed by atoms with Crippen LogP contribution in [0.15, 0.2) is 143 Å². The van der Waals surface area contributed by atoms with Gasteiger partial charge in [0.25, 0.3) is 0 Å². The van der Waals surface area contributed by atoms with Crippen LogP contribution >= 0.6 is 0 Å². The minimum atomic E-state index is -0.122. The molecule has 0 saturated heterocycles. The molecule has 2 nitrogen and oxygen atoms in total. The molecule has 0 saturated carbocycles. The van der Waals surface area contributed by atoms with Gasteiger partial charge in [-0.25, -0.2) is 0 Å². The predicted molar refractivity (Wildman–Crippen MR) is 198 cm³/mol. The molecule has 0 bridgehead atoms. The van der Waals surface area contributed by atoms with E-state index in [9.17, 15) is 0 Å². The van der Waals surface area contributed by atoms with Gasteiger partial charge in [0.15, 0.2) is 0 Å². The number of methoxy groups -OCH3 is 2. The molecule has 0 aliphatic rings. The molecule has 0 aromatic rings. The Labute approximate surface area is 272 Å². The maximum absolute atomic E-state index is 5.50. The highest BCUT2D eigenvalue weighted by molar-refractivity contribution is 5.33. The van der Waals surface area contributed by atoms with E-state index in [-0.39, 0.29) is 11.2 Å². The van der Waals surface area contributed by atoms with Crippen molar-refractivity contribution in [1.82, 2.24) is 0 Å². The molecule has 0 aromatic heterocycles. The first-order chi connectivity index (χ1) is 20.7. The summed E-state index contributed by atoms with van der Waals surface area (Å²) in [4.78, 5) is 0. The van der Waals surface area contributed by atoms with Crippen LogP contribution in [0.4, 0.5) is 0 Å². The first-order valence-corrected chi connectivity index (χ1v) is 15.9. The van der Waals surface area contributed by atoms with Crippen LogP contribution in [0.5, 0.6) is 0 Å². The van der Waals surface area contributed by atoms with Crippen LogP contribution in [-0.2, 0) is 9.47 Å². The number of hydrogen-bond donors (Lipinski definition) is 0. The molecule has 0 unspecified atom stereocenters. The summed E-state index contributed by atoms with van der Waals surface area (Å²) in [5.74, 6) is 0. The van der Waals surface area contributed by atoms with Gasteiger partial charge in [0.05, 0.1) is 11.2 Å². The standard InChI is InChI=1S/C42H62O2/c1-35(23-15-25-37(3)27-17-29-39(5)31-19-33-41(7,8)43-11)21-13-14-22-36(2)24-16-26-38(4)28-18-30-40(6)32-20-34-42(9,10)44-12/h13-19,21-31H,20,32-34H2,1-12H3/b14-13+,23-15+,24-16+,27-17+,28-18+,31-19+,35-21+,36-22+,37-25+,38-26+,39-29+,40-30+. The Balaban J connectivity index is 4.74. The molecule has 0 aliphatic heterocycles. The third-order valence-corrected chi connectivity index (χ3v) is 7.17. The van der Waals surface area contributed by atoms with E-state index in [4.69, 9.17) is 9.47 Å². The molecule has 0 fully saturated rings. The number of allylic oxidation sites excluding steroid dienone is 23. The molecule has 0 atom stereocenters. The van der Waals surface area contributed by atoms with Crippen LogP contribution in [0.2, 0.25) is 0 Å². The van der Waals surface area contributed by atoms with Crippen LogP contribution in [0, 0.1) is 0 Å². The van der Waals surface area contributed by atoms with Crippen LogP contribution in [0.1, 0.15) is 94.9 Å². The van der Waals surface area contributed by atoms with E-state index in [1.807, 2.05) is 0 Å². The summed E-state index contributed by atoms with van der Waals surface area (Å²) in [6.07, 6.45) is 42.5. The summed E-state index contributed by atoms with van der Waals surface area (Å²) in [7, 11) is 3.54. The fraction of sp³-hybridized carbons (Fsp3) is 0.429. The molecule has 0 radical (unpaired) electrons. The Morgan fingerprint density at radius 3 is 1.25 bits per heavy atom. The van der Waals surface area contributed by atoms with E-state index in [1.165, 1.54) is 33.4 Å². The van der Waals surface area contributed by atoms with E-state index in [1.54, 1.807) is 14.2 Å². The lowest BCUT2D eigenvalue weighted by atomic mass is 9.99. The minimum absolute atomic E-state index is 0.0364. The maximum Gasteiger partial charge on any atom is 0.0657 e. The lowest BCUT2D eigenvalue weighted by Crippen LogP contribution is -2.21. The Kier molecular flexibility index (Phi) is 21.5. The normalized spacial score (nSPS) is 16.1. The molecule has 0 rings (SSSR count). The van der Waals surface area contributed by atoms with Gasteiger partial charge in [0.2, 0.25) is 0 Å².